The molecule has 0 radical (unpaired) electrons. The SMILES string of the molecule is CC1CCC(OC(=O)c2ccc(-c3ccccc3)cc2)C1C=COC(=O)c1ccc(-c2ccccc2)cc1. The van der Waals surface area contributed by atoms with Crippen molar-refractivity contribution in [3.05, 3.63) is 133 Å². The molecule has 4 aromatic rings. The number of carbonyl (C=O) groups excluding carboxylic acids is 2. The molecule has 0 amide bonds. The molecule has 1 fully saturated rings. The Bertz CT molecular complexity index is 1390. The van der Waals surface area contributed by atoms with Gasteiger partial charge in [-0.15, -0.1) is 0 Å². The predicted octanol–water partition coefficient (Wildman–Crippen LogP) is 7.96. The minimum absolute atomic E-state index is 0.0178. The summed E-state index contributed by atoms with van der Waals surface area (Å²) >= 11 is 0. The van der Waals surface area contributed by atoms with E-state index < -0.39 is 5.97 Å². The van der Waals surface area contributed by atoms with Gasteiger partial charge in [0.25, 0.3) is 0 Å². The highest BCUT2D eigenvalue weighted by atomic mass is 16.5. The first kappa shape index (κ1) is 25.2. The standard InChI is InChI=1S/C34H30O4/c1-24-12-21-32(38-34(36)30-19-15-28(16-20-30)26-10-6-3-7-11-26)31(24)22-23-37-33(35)29-17-13-27(14-18-29)25-8-4-2-5-9-25/h2-11,13-20,22-24,31-32H,12,21H2,1H3. The van der Waals surface area contributed by atoms with Gasteiger partial charge in [0.2, 0.25) is 0 Å². The van der Waals surface area contributed by atoms with Crippen molar-refractivity contribution in [2.24, 2.45) is 11.8 Å². The molecule has 5 rings (SSSR count). The first-order valence-corrected chi connectivity index (χ1v) is 13.0. The van der Waals surface area contributed by atoms with Crippen LogP contribution in [0, 0.1) is 11.8 Å². The van der Waals surface area contributed by atoms with Crippen molar-refractivity contribution < 1.29 is 19.1 Å². The Labute approximate surface area is 223 Å². The third-order valence-corrected chi connectivity index (χ3v) is 7.18. The van der Waals surface area contributed by atoms with Gasteiger partial charge in [-0.2, -0.15) is 0 Å². The largest absolute Gasteiger partial charge is 0.458 e. The second-order valence-corrected chi connectivity index (χ2v) is 9.70. The van der Waals surface area contributed by atoms with E-state index in [-0.39, 0.29) is 18.0 Å². The summed E-state index contributed by atoms with van der Waals surface area (Å²) in [5.74, 6) is -0.458. The fraction of sp³-hybridized carbons (Fsp3) is 0.176. The van der Waals surface area contributed by atoms with Crippen LogP contribution in [0.15, 0.2) is 122 Å². The van der Waals surface area contributed by atoms with E-state index in [1.54, 1.807) is 24.3 Å². The smallest absolute Gasteiger partial charge is 0.342 e. The minimum Gasteiger partial charge on any atom is -0.458 e. The lowest BCUT2D eigenvalue weighted by atomic mass is 9.97. The van der Waals surface area contributed by atoms with E-state index in [0.29, 0.717) is 17.0 Å². The molecule has 0 N–H and O–H groups in total. The van der Waals surface area contributed by atoms with Crippen molar-refractivity contribution in [2.75, 3.05) is 0 Å². The van der Waals surface area contributed by atoms with E-state index in [4.69, 9.17) is 9.47 Å². The summed E-state index contributed by atoms with van der Waals surface area (Å²) in [5.41, 5.74) is 5.29. The predicted molar refractivity (Wildman–Crippen MR) is 149 cm³/mol. The van der Waals surface area contributed by atoms with Crippen molar-refractivity contribution >= 4 is 11.9 Å². The van der Waals surface area contributed by atoms with Gasteiger partial charge in [-0.1, -0.05) is 91.9 Å². The van der Waals surface area contributed by atoms with Crippen LogP contribution in [-0.4, -0.2) is 18.0 Å². The van der Waals surface area contributed by atoms with Crippen LogP contribution in [0.1, 0.15) is 40.5 Å². The number of benzene rings is 4. The van der Waals surface area contributed by atoms with Gasteiger partial charge in [0, 0.05) is 5.92 Å². The minimum atomic E-state index is -0.418. The van der Waals surface area contributed by atoms with Gasteiger partial charge in [-0.3, -0.25) is 0 Å². The number of ether oxygens (including phenoxy) is 2. The zero-order chi connectivity index (χ0) is 26.3. The van der Waals surface area contributed by atoms with Crippen LogP contribution in [0.2, 0.25) is 0 Å². The van der Waals surface area contributed by atoms with Crippen LogP contribution in [0.5, 0.6) is 0 Å². The summed E-state index contributed by atoms with van der Waals surface area (Å²) in [5, 5.41) is 0. The Balaban J connectivity index is 1.18. The lowest BCUT2D eigenvalue weighted by Gasteiger charge is -2.20. The molecule has 1 aliphatic carbocycles. The van der Waals surface area contributed by atoms with Gasteiger partial charge < -0.3 is 9.47 Å². The van der Waals surface area contributed by atoms with Gasteiger partial charge in [0.1, 0.15) is 6.10 Å². The van der Waals surface area contributed by atoms with Crippen LogP contribution in [-0.2, 0) is 9.47 Å². The van der Waals surface area contributed by atoms with Crippen LogP contribution in [0.4, 0.5) is 0 Å². The first-order valence-electron chi connectivity index (χ1n) is 13.0. The topological polar surface area (TPSA) is 52.6 Å². The highest BCUT2D eigenvalue weighted by Crippen LogP contribution is 2.35. The van der Waals surface area contributed by atoms with Gasteiger partial charge in [0.15, 0.2) is 0 Å². The Morgan fingerprint density at radius 3 is 1.63 bits per heavy atom. The molecule has 1 saturated carbocycles. The van der Waals surface area contributed by atoms with E-state index in [2.05, 4.69) is 6.92 Å². The van der Waals surface area contributed by atoms with E-state index in [0.717, 1.165) is 35.1 Å². The summed E-state index contributed by atoms with van der Waals surface area (Å²) in [7, 11) is 0. The molecule has 0 aliphatic heterocycles. The quantitative estimate of drug-likeness (QED) is 0.190. The maximum atomic E-state index is 12.9. The van der Waals surface area contributed by atoms with E-state index in [1.807, 2.05) is 91.0 Å². The third-order valence-electron chi connectivity index (χ3n) is 7.18. The molecule has 4 aromatic carbocycles. The molecule has 190 valence electrons. The van der Waals surface area contributed by atoms with E-state index in [9.17, 15) is 9.59 Å². The third kappa shape index (κ3) is 5.92. The molecule has 3 unspecified atom stereocenters. The highest BCUT2D eigenvalue weighted by molar-refractivity contribution is 5.91. The first-order chi connectivity index (χ1) is 18.6. The zero-order valence-electron chi connectivity index (χ0n) is 21.3. The summed E-state index contributed by atoms with van der Waals surface area (Å²) in [6.45, 7) is 2.13. The maximum absolute atomic E-state index is 12.9. The fourth-order valence-corrected chi connectivity index (χ4v) is 4.95. The number of hydrogen-bond acceptors (Lipinski definition) is 4. The average molecular weight is 503 g/mol. The summed E-state index contributed by atoms with van der Waals surface area (Å²) in [6, 6.07) is 34.9. The zero-order valence-corrected chi connectivity index (χ0v) is 21.3. The van der Waals surface area contributed by atoms with Crippen LogP contribution in [0.3, 0.4) is 0 Å². The van der Waals surface area contributed by atoms with Crippen molar-refractivity contribution in [3.8, 4) is 22.3 Å². The lowest BCUT2D eigenvalue weighted by Crippen LogP contribution is -2.23. The van der Waals surface area contributed by atoms with Crippen LogP contribution in [0.25, 0.3) is 22.3 Å². The van der Waals surface area contributed by atoms with Crippen LogP contribution >= 0.6 is 0 Å². The van der Waals surface area contributed by atoms with Crippen molar-refractivity contribution in [2.45, 2.75) is 25.9 Å². The Morgan fingerprint density at radius 2 is 1.11 bits per heavy atom. The molecule has 1 aliphatic rings. The summed E-state index contributed by atoms with van der Waals surface area (Å²) in [6.07, 6.45) is 4.75. The Hall–Kier alpha value is -4.44. The molecule has 4 heteroatoms. The van der Waals surface area contributed by atoms with Gasteiger partial charge in [-0.05, 0) is 71.4 Å². The van der Waals surface area contributed by atoms with E-state index >= 15 is 0 Å². The highest BCUT2D eigenvalue weighted by Gasteiger charge is 2.34. The fourth-order valence-electron chi connectivity index (χ4n) is 4.95. The van der Waals surface area contributed by atoms with Crippen molar-refractivity contribution in [1.29, 1.82) is 0 Å². The molecule has 0 heterocycles. The average Bonchev–Trinajstić information content (AvgIpc) is 3.32. The maximum Gasteiger partial charge on any atom is 0.342 e. The van der Waals surface area contributed by atoms with Gasteiger partial charge >= 0.3 is 11.9 Å². The van der Waals surface area contributed by atoms with Crippen molar-refractivity contribution in [3.63, 3.8) is 0 Å². The van der Waals surface area contributed by atoms with Crippen LogP contribution < -0.4 is 0 Å². The molecule has 3 atom stereocenters. The summed E-state index contributed by atoms with van der Waals surface area (Å²) in [4.78, 5) is 25.4. The number of rotatable bonds is 7. The number of esters is 2. The monoisotopic (exact) mass is 502 g/mol. The second kappa shape index (κ2) is 11.7. The molecular weight excluding hydrogens is 472 g/mol. The van der Waals surface area contributed by atoms with E-state index in [1.165, 1.54) is 6.26 Å². The Morgan fingerprint density at radius 1 is 0.632 bits per heavy atom. The lowest BCUT2D eigenvalue weighted by molar-refractivity contribution is 0.0232. The molecular formula is C34H30O4. The van der Waals surface area contributed by atoms with Gasteiger partial charge in [0.05, 0.1) is 17.4 Å². The number of carbonyl (C=O) groups is 2. The molecule has 4 nitrogen and oxygen atoms in total. The molecule has 0 spiro atoms. The molecule has 38 heavy (non-hydrogen) atoms. The Kier molecular flexibility index (Phi) is 7.79. The normalized spacial score (nSPS) is 18.8. The summed E-state index contributed by atoms with van der Waals surface area (Å²) < 4.78 is 11.3. The molecule has 0 bridgehead atoms. The molecule has 0 saturated heterocycles. The van der Waals surface area contributed by atoms with Gasteiger partial charge in [-0.25, -0.2) is 9.59 Å². The number of hydrogen-bond donors (Lipinski definition) is 0. The van der Waals surface area contributed by atoms with Crippen molar-refractivity contribution in [1.82, 2.24) is 0 Å². The molecule has 0 aromatic heterocycles. The second-order valence-electron chi connectivity index (χ2n) is 9.70.